The number of nitrogens with zero attached hydrogens (tertiary/aromatic N) is 3. The highest BCUT2D eigenvalue weighted by Crippen LogP contribution is 2.34. The fraction of sp³-hybridized carbons (Fsp3) is 0.211. The molecule has 0 saturated carbocycles. The second kappa shape index (κ2) is 6.14. The van der Waals surface area contributed by atoms with Crippen LogP contribution in [0.15, 0.2) is 54.7 Å². The zero-order chi connectivity index (χ0) is 17.4. The first-order valence-electron chi connectivity index (χ1n) is 8.17. The van der Waals surface area contributed by atoms with Gasteiger partial charge in [-0.05, 0) is 23.3 Å². The van der Waals surface area contributed by atoms with Crippen LogP contribution >= 0.6 is 0 Å². The monoisotopic (exact) mass is 334 g/mol. The van der Waals surface area contributed by atoms with Gasteiger partial charge in [-0.15, -0.1) is 5.10 Å². The summed E-state index contributed by atoms with van der Waals surface area (Å²) in [5.41, 5.74) is 4.50. The number of anilines is 1. The maximum atomic E-state index is 11.2. The average molecular weight is 334 g/mol. The summed E-state index contributed by atoms with van der Waals surface area (Å²) in [5.74, 6) is -0.119. The van der Waals surface area contributed by atoms with Crippen molar-refractivity contribution in [2.75, 3.05) is 5.32 Å². The Kier molecular flexibility index (Phi) is 3.82. The van der Waals surface area contributed by atoms with Crippen LogP contribution in [0.4, 0.5) is 5.69 Å². The Hall–Kier alpha value is -2.99. The number of hydrogen-bond donors (Lipinski definition) is 2. The molecule has 126 valence electrons. The Morgan fingerprint density at radius 1 is 1.24 bits per heavy atom. The first-order valence-corrected chi connectivity index (χ1v) is 8.17. The van der Waals surface area contributed by atoms with E-state index in [9.17, 15) is 9.90 Å². The van der Waals surface area contributed by atoms with Gasteiger partial charge in [0.05, 0.1) is 12.3 Å². The predicted octanol–water partition coefficient (Wildman–Crippen LogP) is 2.41. The minimum Gasteiger partial charge on any atom is -0.390 e. The van der Waals surface area contributed by atoms with Gasteiger partial charge in [-0.2, -0.15) is 0 Å². The maximum absolute atomic E-state index is 11.2. The van der Waals surface area contributed by atoms with E-state index in [0.717, 1.165) is 16.7 Å². The van der Waals surface area contributed by atoms with Crippen LogP contribution in [-0.2, 0) is 11.2 Å². The SMILES string of the molecule is CC(=O)Nc1cccc(-c2cn([C@@H]3c4ccccc4C[C@@H]3O)nn2)c1. The lowest BCUT2D eigenvalue weighted by Gasteiger charge is -2.15. The molecule has 2 aromatic carbocycles. The van der Waals surface area contributed by atoms with E-state index in [0.29, 0.717) is 17.8 Å². The number of nitrogens with one attached hydrogen (secondary N) is 1. The first kappa shape index (κ1) is 15.5. The molecule has 0 radical (unpaired) electrons. The number of aromatic nitrogens is 3. The second-order valence-electron chi connectivity index (χ2n) is 6.26. The highest BCUT2D eigenvalue weighted by Gasteiger charge is 2.33. The topological polar surface area (TPSA) is 80.0 Å². The van der Waals surface area contributed by atoms with Crippen molar-refractivity contribution >= 4 is 11.6 Å². The number of rotatable bonds is 3. The summed E-state index contributed by atoms with van der Waals surface area (Å²) in [5, 5.41) is 21.7. The van der Waals surface area contributed by atoms with Crippen LogP contribution in [0.1, 0.15) is 24.1 Å². The fourth-order valence-electron chi connectivity index (χ4n) is 3.38. The molecule has 0 fully saturated rings. The number of carbonyl (C=O) groups excluding carboxylic acids is 1. The van der Waals surface area contributed by atoms with Crippen LogP contribution in [0.2, 0.25) is 0 Å². The van der Waals surface area contributed by atoms with Gasteiger partial charge in [0.25, 0.3) is 0 Å². The van der Waals surface area contributed by atoms with Crippen molar-refractivity contribution in [3.8, 4) is 11.3 Å². The van der Waals surface area contributed by atoms with Gasteiger partial charge in [0.2, 0.25) is 5.91 Å². The lowest BCUT2D eigenvalue weighted by Crippen LogP contribution is -2.21. The number of aliphatic hydroxyl groups is 1. The van der Waals surface area contributed by atoms with Crippen LogP contribution in [0, 0.1) is 0 Å². The van der Waals surface area contributed by atoms with Crippen molar-refractivity contribution < 1.29 is 9.90 Å². The van der Waals surface area contributed by atoms with Gasteiger partial charge in [-0.25, -0.2) is 4.68 Å². The van der Waals surface area contributed by atoms with E-state index in [1.165, 1.54) is 6.92 Å². The number of amides is 1. The number of aliphatic hydroxyl groups excluding tert-OH is 1. The van der Waals surface area contributed by atoms with Gasteiger partial charge >= 0.3 is 0 Å². The van der Waals surface area contributed by atoms with Gasteiger partial charge in [0.15, 0.2) is 0 Å². The van der Waals surface area contributed by atoms with Crippen molar-refractivity contribution in [2.24, 2.45) is 0 Å². The Balaban J connectivity index is 1.66. The molecule has 4 rings (SSSR count). The van der Waals surface area contributed by atoms with Gasteiger partial charge in [0, 0.05) is 24.6 Å². The molecular weight excluding hydrogens is 316 g/mol. The molecule has 3 aromatic rings. The Morgan fingerprint density at radius 3 is 2.92 bits per heavy atom. The molecule has 1 aliphatic rings. The second-order valence-corrected chi connectivity index (χ2v) is 6.26. The Bertz CT molecular complexity index is 934. The van der Waals surface area contributed by atoms with Gasteiger partial charge in [0.1, 0.15) is 11.7 Å². The fourth-order valence-corrected chi connectivity index (χ4v) is 3.38. The lowest BCUT2D eigenvalue weighted by molar-refractivity contribution is -0.114. The highest BCUT2D eigenvalue weighted by molar-refractivity contribution is 5.89. The molecule has 25 heavy (non-hydrogen) atoms. The van der Waals surface area contributed by atoms with E-state index in [2.05, 4.69) is 15.6 Å². The van der Waals surface area contributed by atoms with Crippen molar-refractivity contribution in [2.45, 2.75) is 25.5 Å². The molecule has 0 bridgehead atoms. The van der Waals surface area contributed by atoms with E-state index in [-0.39, 0.29) is 11.9 Å². The quantitative estimate of drug-likeness (QED) is 0.771. The molecule has 2 N–H and O–H groups in total. The van der Waals surface area contributed by atoms with E-state index in [1.54, 1.807) is 4.68 Å². The summed E-state index contributed by atoms with van der Waals surface area (Å²) in [4.78, 5) is 11.2. The van der Waals surface area contributed by atoms with Crippen LogP contribution in [0.25, 0.3) is 11.3 Å². The van der Waals surface area contributed by atoms with Gasteiger partial charge < -0.3 is 10.4 Å². The van der Waals surface area contributed by atoms with Crippen LogP contribution in [0.5, 0.6) is 0 Å². The summed E-state index contributed by atoms with van der Waals surface area (Å²) in [7, 11) is 0. The summed E-state index contributed by atoms with van der Waals surface area (Å²) in [6.45, 7) is 1.47. The Labute approximate surface area is 145 Å². The molecule has 0 spiro atoms. The smallest absolute Gasteiger partial charge is 0.221 e. The van der Waals surface area contributed by atoms with Crippen molar-refractivity contribution in [3.63, 3.8) is 0 Å². The van der Waals surface area contributed by atoms with Crippen LogP contribution in [0.3, 0.4) is 0 Å². The molecule has 0 unspecified atom stereocenters. The summed E-state index contributed by atoms with van der Waals surface area (Å²) in [6.07, 6.45) is 1.94. The maximum Gasteiger partial charge on any atom is 0.221 e. The minimum absolute atomic E-state index is 0.119. The molecular formula is C19H18N4O2. The molecule has 2 atom stereocenters. The highest BCUT2D eigenvalue weighted by atomic mass is 16.3. The zero-order valence-corrected chi connectivity index (χ0v) is 13.8. The normalized spacial score (nSPS) is 18.8. The largest absolute Gasteiger partial charge is 0.390 e. The third-order valence-corrected chi connectivity index (χ3v) is 4.44. The van der Waals surface area contributed by atoms with Crippen molar-refractivity contribution in [1.82, 2.24) is 15.0 Å². The van der Waals surface area contributed by atoms with Crippen LogP contribution < -0.4 is 5.32 Å². The number of benzene rings is 2. The predicted molar refractivity (Wildman–Crippen MR) is 94.1 cm³/mol. The Morgan fingerprint density at radius 2 is 2.08 bits per heavy atom. The first-order chi connectivity index (χ1) is 12.1. The van der Waals surface area contributed by atoms with Crippen molar-refractivity contribution in [1.29, 1.82) is 0 Å². The van der Waals surface area contributed by atoms with Crippen LogP contribution in [-0.4, -0.2) is 32.1 Å². The molecule has 1 heterocycles. The number of carbonyl (C=O) groups is 1. The van der Waals surface area contributed by atoms with E-state index < -0.39 is 6.10 Å². The zero-order valence-electron chi connectivity index (χ0n) is 13.8. The molecule has 0 aliphatic heterocycles. The molecule has 6 nitrogen and oxygen atoms in total. The lowest BCUT2D eigenvalue weighted by atomic mass is 10.1. The number of fused-ring (bicyclic) bond motifs is 1. The minimum atomic E-state index is -0.516. The van der Waals surface area contributed by atoms with E-state index in [4.69, 9.17) is 0 Å². The molecule has 1 aliphatic carbocycles. The standard InChI is InChI=1S/C19H18N4O2/c1-12(24)20-15-7-4-6-14(9-15)17-11-23(22-21-17)19-16-8-3-2-5-13(16)10-18(19)25/h2-9,11,18-19,25H,10H2,1H3,(H,20,24)/t18-,19+/m0/s1. The van der Waals surface area contributed by atoms with Gasteiger partial charge in [-0.1, -0.05) is 41.6 Å². The average Bonchev–Trinajstić information content (AvgIpc) is 3.17. The molecule has 1 amide bonds. The molecule has 1 aromatic heterocycles. The summed E-state index contributed by atoms with van der Waals surface area (Å²) < 4.78 is 1.72. The molecule has 0 saturated heterocycles. The number of hydrogen-bond acceptors (Lipinski definition) is 4. The van der Waals surface area contributed by atoms with E-state index >= 15 is 0 Å². The van der Waals surface area contributed by atoms with E-state index in [1.807, 2.05) is 54.7 Å². The third kappa shape index (κ3) is 2.92. The molecule has 6 heteroatoms. The third-order valence-electron chi connectivity index (χ3n) is 4.44. The summed E-state index contributed by atoms with van der Waals surface area (Å²) in [6, 6.07) is 15.2. The van der Waals surface area contributed by atoms with Gasteiger partial charge in [-0.3, -0.25) is 4.79 Å². The van der Waals surface area contributed by atoms with Crippen molar-refractivity contribution in [3.05, 3.63) is 65.9 Å². The summed E-state index contributed by atoms with van der Waals surface area (Å²) >= 11 is 0.